The van der Waals surface area contributed by atoms with Gasteiger partial charge in [0.2, 0.25) is 0 Å². The normalized spacial score (nSPS) is 11.7. The van der Waals surface area contributed by atoms with Crippen LogP contribution < -0.4 is 5.56 Å². The summed E-state index contributed by atoms with van der Waals surface area (Å²) in [6, 6.07) is 8.73. The number of carboxylic acid groups (broad SMARTS) is 1. The molecule has 1 unspecified atom stereocenters. The number of hydrogen-bond acceptors (Lipinski definition) is 3. The van der Waals surface area contributed by atoms with Gasteiger partial charge in [-0.1, -0.05) is 11.6 Å². The Balaban J connectivity index is 2.56. The summed E-state index contributed by atoms with van der Waals surface area (Å²) in [6.07, 6.45) is 1.40. The van der Waals surface area contributed by atoms with Crippen LogP contribution in [0.25, 0.3) is 11.1 Å². The molecule has 2 aromatic rings. The van der Waals surface area contributed by atoms with Crippen molar-refractivity contribution in [1.82, 2.24) is 4.57 Å². The van der Waals surface area contributed by atoms with E-state index >= 15 is 0 Å². The Bertz CT molecular complexity index is 805. The van der Waals surface area contributed by atoms with Crippen LogP contribution in [0.5, 0.6) is 0 Å². The standard InChI is InChI=1S/C15H11ClN2O3/c1-9(15(20)21)18-5-4-10(6-14(18)19)13-7-12(16)3-2-11(13)8-17/h2-7,9H,1H3,(H,20,21). The van der Waals surface area contributed by atoms with Gasteiger partial charge in [-0.25, -0.2) is 4.79 Å². The molecule has 21 heavy (non-hydrogen) atoms. The van der Waals surface area contributed by atoms with E-state index in [0.29, 0.717) is 21.7 Å². The number of carbonyl (C=O) groups is 1. The average molecular weight is 303 g/mol. The first-order chi connectivity index (χ1) is 9.93. The molecule has 1 aromatic heterocycles. The summed E-state index contributed by atoms with van der Waals surface area (Å²) >= 11 is 5.92. The van der Waals surface area contributed by atoms with Crippen molar-refractivity contribution in [3.05, 3.63) is 57.5 Å². The van der Waals surface area contributed by atoms with E-state index in [1.54, 1.807) is 24.3 Å². The summed E-state index contributed by atoms with van der Waals surface area (Å²) in [5, 5.41) is 18.5. The van der Waals surface area contributed by atoms with Gasteiger partial charge in [-0.2, -0.15) is 5.26 Å². The first-order valence-electron chi connectivity index (χ1n) is 6.09. The van der Waals surface area contributed by atoms with Gasteiger partial charge in [0.15, 0.2) is 0 Å². The lowest BCUT2D eigenvalue weighted by molar-refractivity contribution is -0.140. The summed E-state index contributed by atoms with van der Waals surface area (Å²) in [5.74, 6) is -1.09. The summed E-state index contributed by atoms with van der Waals surface area (Å²) in [5.41, 5.74) is 0.999. The van der Waals surface area contributed by atoms with Crippen LogP contribution in [0.1, 0.15) is 18.5 Å². The molecule has 1 aromatic carbocycles. The molecule has 0 amide bonds. The van der Waals surface area contributed by atoms with Gasteiger partial charge in [0, 0.05) is 22.8 Å². The van der Waals surface area contributed by atoms with Gasteiger partial charge < -0.3 is 9.67 Å². The predicted octanol–water partition coefficient (Wildman–Crippen LogP) is 2.69. The van der Waals surface area contributed by atoms with E-state index in [4.69, 9.17) is 22.0 Å². The average Bonchev–Trinajstić information content (AvgIpc) is 2.46. The second-order valence-electron chi connectivity index (χ2n) is 4.48. The fraction of sp³-hybridized carbons (Fsp3) is 0.133. The van der Waals surface area contributed by atoms with Gasteiger partial charge >= 0.3 is 5.97 Å². The van der Waals surface area contributed by atoms with E-state index in [2.05, 4.69) is 0 Å². The van der Waals surface area contributed by atoms with Crippen LogP contribution in [0.3, 0.4) is 0 Å². The zero-order chi connectivity index (χ0) is 15.6. The molecule has 0 fully saturated rings. The van der Waals surface area contributed by atoms with Crippen molar-refractivity contribution in [2.75, 3.05) is 0 Å². The van der Waals surface area contributed by atoms with Gasteiger partial charge in [0.05, 0.1) is 11.6 Å². The van der Waals surface area contributed by atoms with Crippen LogP contribution in [0.15, 0.2) is 41.3 Å². The number of carboxylic acids is 1. The smallest absolute Gasteiger partial charge is 0.326 e. The van der Waals surface area contributed by atoms with Crippen molar-refractivity contribution in [1.29, 1.82) is 5.26 Å². The first kappa shape index (κ1) is 14.8. The fourth-order valence-electron chi connectivity index (χ4n) is 1.95. The number of benzene rings is 1. The molecule has 1 atom stereocenters. The summed E-state index contributed by atoms with van der Waals surface area (Å²) < 4.78 is 1.11. The highest BCUT2D eigenvalue weighted by Crippen LogP contribution is 2.25. The molecule has 0 radical (unpaired) electrons. The van der Waals surface area contributed by atoms with Crippen LogP contribution in [-0.2, 0) is 4.79 Å². The molecule has 2 rings (SSSR count). The van der Waals surface area contributed by atoms with Crippen LogP contribution in [-0.4, -0.2) is 15.6 Å². The number of aromatic nitrogens is 1. The Morgan fingerprint density at radius 2 is 2.10 bits per heavy atom. The van der Waals surface area contributed by atoms with Crippen LogP contribution >= 0.6 is 11.6 Å². The van der Waals surface area contributed by atoms with Crippen LogP contribution in [0.2, 0.25) is 5.02 Å². The van der Waals surface area contributed by atoms with Crippen molar-refractivity contribution < 1.29 is 9.90 Å². The van der Waals surface area contributed by atoms with Gasteiger partial charge in [-0.3, -0.25) is 4.79 Å². The minimum absolute atomic E-state index is 0.392. The molecule has 6 heteroatoms. The Morgan fingerprint density at radius 3 is 2.67 bits per heavy atom. The molecule has 0 aliphatic rings. The lowest BCUT2D eigenvalue weighted by Crippen LogP contribution is -2.26. The van der Waals surface area contributed by atoms with Crippen molar-refractivity contribution in [3.63, 3.8) is 0 Å². The monoisotopic (exact) mass is 302 g/mol. The van der Waals surface area contributed by atoms with E-state index < -0.39 is 17.6 Å². The Morgan fingerprint density at radius 1 is 1.38 bits per heavy atom. The molecule has 0 saturated carbocycles. The fourth-order valence-corrected chi connectivity index (χ4v) is 2.12. The molecule has 0 saturated heterocycles. The highest BCUT2D eigenvalue weighted by Gasteiger charge is 2.15. The quantitative estimate of drug-likeness (QED) is 0.945. The van der Waals surface area contributed by atoms with Crippen LogP contribution in [0.4, 0.5) is 0 Å². The lowest BCUT2D eigenvalue weighted by atomic mass is 10.0. The third-order valence-corrected chi connectivity index (χ3v) is 3.37. The van der Waals surface area contributed by atoms with Crippen molar-refractivity contribution in [3.8, 4) is 17.2 Å². The SMILES string of the molecule is CC(C(=O)O)n1ccc(-c2cc(Cl)ccc2C#N)cc1=O. The second-order valence-corrected chi connectivity index (χ2v) is 4.91. The minimum atomic E-state index is -1.09. The van der Waals surface area contributed by atoms with Crippen LogP contribution in [0, 0.1) is 11.3 Å². The summed E-state index contributed by atoms with van der Waals surface area (Å²) in [4.78, 5) is 23.0. The number of aliphatic carboxylic acids is 1. The number of halogens is 1. The minimum Gasteiger partial charge on any atom is -0.480 e. The third kappa shape index (κ3) is 2.96. The maximum atomic E-state index is 12.0. The van der Waals surface area contributed by atoms with Gasteiger partial charge in [-0.15, -0.1) is 0 Å². The highest BCUT2D eigenvalue weighted by molar-refractivity contribution is 6.30. The number of nitriles is 1. The zero-order valence-corrected chi connectivity index (χ0v) is 11.8. The Hall–Kier alpha value is -2.58. The molecule has 0 aliphatic heterocycles. The first-order valence-corrected chi connectivity index (χ1v) is 6.47. The number of nitrogens with zero attached hydrogens (tertiary/aromatic N) is 2. The van der Waals surface area contributed by atoms with Crippen molar-refractivity contribution in [2.45, 2.75) is 13.0 Å². The van der Waals surface area contributed by atoms with Crippen molar-refractivity contribution >= 4 is 17.6 Å². The predicted molar refractivity (Wildman–Crippen MR) is 78.2 cm³/mol. The molecule has 1 N–H and O–H groups in total. The van der Waals surface area contributed by atoms with E-state index in [1.807, 2.05) is 6.07 Å². The molecule has 106 valence electrons. The highest BCUT2D eigenvalue weighted by atomic mass is 35.5. The van der Waals surface area contributed by atoms with Gasteiger partial charge in [0.1, 0.15) is 6.04 Å². The van der Waals surface area contributed by atoms with E-state index in [9.17, 15) is 9.59 Å². The topological polar surface area (TPSA) is 83.1 Å². The number of pyridine rings is 1. The zero-order valence-electron chi connectivity index (χ0n) is 11.1. The van der Waals surface area contributed by atoms with Gasteiger partial charge in [0.25, 0.3) is 5.56 Å². The Kier molecular flexibility index (Phi) is 4.10. The maximum Gasteiger partial charge on any atom is 0.326 e. The third-order valence-electron chi connectivity index (χ3n) is 3.14. The molecule has 0 spiro atoms. The second kappa shape index (κ2) is 5.81. The molecule has 0 aliphatic carbocycles. The van der Waals surface area contributed by atoms with Crippen molar-refractivity contribution in [2.24, 2.45) is 0 Å². The maximum absolute atomic E-state index is 12.0. The Labute approximate surface area is 125 Å². The van der Waals surface area contributed by atoms with E-state index in [1.165, 1.54) is 19.2 Å². The van der Waals surface area contributed by atoms with E-state index in [-0.39, 0.29) is 0 Å². The number of hydrogen-bond donors (Lipinski definition) is 1. The largest absolute Gasteiger partial charge is 0.480 e. The molecular weight excluding hydrogens is 292 g/mol. The molecular formula is C15H11ClN2O3. The summed E-state index contributed by atoms with van der Waals surface area (Å²) in [6.45, 7) is 1.42. The van der Waals surface area contributed by atoms with E-state index in [0.717, 1.165) is 4.57 Å². The summed E-state index contributed by atoms with van der Waals surface area (Å²) in [7, 11) is 0. The lowest BCUT2D eigenvalue weighted by Gasteiger charge is -2.11. The molecule has 5 nitrogen and oxygen atoms in total. The molecule has 1 heterocycles. The van der Waals surface area contributed by atoms with Gasteiger partial charge in [-0.05, 0) is 36.8 Å². The number of rotatable bonds is 3. The molecule has 0 bridgehead atoms.